The van der Waals surface area contributed by atoms with Gasteiger partial charge in [-0.25, -0.2) is 4.39 Å². The maximum absolute atomic E-state index is 13.7. The van der Waals surface area contributed by atoms with Gasteiger partial charge in [-0.15, -0.1) is 0 Å². The molecule has 4 rings (SSSR count). The summed E-state index contributed by atoms with van der Waals surface area (Å²) in [5.74, 6) is 0.909. The molecular weight excluding hydrogens is 447 g/mol. The maximum Gasteiger partial charge on any atom is 0.261 e. The SMILES string of the molecule is CC(C)CC(=O)N1CCc2ccc(O[C@H](C)C(=O)NCc3ccco3)cc2[C@H]1c1ccc(F)cc1. The number of nitrogens with zero attached hydrogens (tertiary/aromatic N) is 1. The second-order valence-electron chi connectivity index (χ2n) is 9.31. The van der Waals surface area contributed by atoms with Gasteiger partial charge < -0.3 is 19.4 Å². The number of rotatable bonds is 8. The molecule has 2 aromatic carbocycles. The van der Waals surface area contributed by atoms with Crippen molar-refractivity contribution in [3.05, 3.63) is 89.1 Å². The summed E-state index contributed by atoms with van der Waals surface area (Å²) in [7, 11) is 0. The minimum Gasteiger partial charge on any atom is -0.481 e. The van der Waals surface area contributed by atoms with E-state index in [0.29, 0.717) is 24.5 Å². The average Bonchev–Trinajstić information content (AvgIpc) is 3.35. The van der Waals surface area contributed by atoms with E-state index in [9.17, 15) is 14.0 Å². The van der Waals surface area contributed by atoms with Crippen LogP contribution in [0.4, 0.5) is 4.39 Å². The lowest BCUT2D eigenvalue weighted by molar-refractivity contribution is -0.134. The van der Waals surface area contributed by atoms with Crippen molar-refractivity contribution >= 4 is 11.8 Å². The second-order valence-corrected chi connectivity index (χ2v) is 9.31. The van der Waals surface area contributed by atoms with Gasteiger partial charge in [0.1, 0.15) is 17.3 Å². The van der Waals surface area contributed by atoms with Crippen LogP contribution in [0.5, 0.6) is 5.75 Å². The first-order chi connectivity index (χ1) is 16.8. The minimum absolute atomic E-state index is 0.0666. The monoisotopic (exact) mass is 478 g/mol. The van der Waals surface area contributed by atoms with E-state index in [2.05, 4.69) is 5.32 Å². The van der Waals surface area contributed by atoms with E-state index in [4.69, 9.17) is 9.15 Å². The van der Waals surface area contributed by atoms with Crippen molar-refractivity contribution in [2.45, 2.75) is 52.3 Å². The molecule has 0 saturated heterocycles. The number of hydrogen-bond acceptors (Lipinski definition) is 4. The molecule has 0 radical (unpaired) electrons. The number of nitrogens with one attached hydrogen (secondary N) is 1. The molecule has 0 saturated carbocycles. The molecule has 1 aliphatic rings. The van der Waals surface area contributed by atoms with Crippen LogP contribution in [0.2, 0.25) is 0 Å². The Kier molecular flexibility index (Phi) is 7.54. The molecule has 3 aromatic rings. The zero-order chi connectivity index (χ0) is 24.9. The first kappa shape index (κ1) is 24.5. The van der Waals surface area contributed by atoms with E-state index >= 15 is 0 Å². The number of carbonyl (C=O) groups excluding carboxylic acids is 2. The molecule has 2 heterocycles. The minimum atomic E-state index is -0.727. The molecule has 0 spiro atoms. The van der Waals surface area contributed by atoms with Crippen LogP contribution in [0.1, 0.15) is 55.7 Å². The Bertz CT molecular complexity index is 1160. The van der Waals surface area contributed by atoms with Crippen LogP contribution in [0.3, 0.4) is 0 Å². The lowest BCUT2D eigenvalue weighted by Crippen LogP contribution is -2.41. The number of ether oxygens (including phenoxy) is 1. The van der Waals surface area contributed by atoms with Gasteiger partial charge >= 0.3 is 0 Å². The van der Waals surface area contributed by atoms with E-state index in [1.54, 1.807) is 37.5 Å². The highest BCUT2D eigenvalue weighted by molar-refractivity contribution is 5.80. The normalized spacial score (nSPS) is 16.0. The molecule has 0 bridgehead atoms. The molecule has 1 aliphatic heterocycles. The molecule has 1 aromatic heterocycles. The molecule has 2 amide bonds. The number of halogens is 1. The first-order valence-corrected chi connectivity index (χ1v) is 12.0. The van der Waals surface area contributed by atoms with Crippen LogP contribution in [-0.4, -0.2) is 29.4 Å². The predicted octanol–water partition coefficient (Wildman–Crippen LogP) is 5.02. The molecule has 0 unspecified atom stereocenters. The molecule has 6 nitrogen and oxygen atoms in total. The largest absolute Gasteiger partial charge is 0.481 e. The van der Waals surface area contributed by atoms with Gasteiger partial charge in [0.2, 0.25) is 5.91 Å². The number of furan rings is 1. The fraction of sp³-hybridized carbons (Fsp3) is 0.357. The standard InChI is InChI=1S/C28H31FN2O4/c1-18(2)15-26(32)31-13-12-20-8-11-23(16-25(20)27(31)21-6-9-22(29)10-7-21)35-19(3)28(33)30-17-24-5-4-14-34-24/h4-11,14,16,18-19,27H,12-13,15,17H2,1-3H3,(H,30,33)/t19-,27-/m1/s1. The third-order valence-electron chi connectivity index (χ3n) is 6.13. The highest BCUT2D eigenvalue weighted by Gasteiger charge is 2.32. The van der Waals surface area contributed by atoms with Crippen molar-refractivity contribution < 1.29 is 23.1 Å². The fourth-order valence-electron chi connectivity index (χ4n) is 4.39. The van der Waals surface area contributed by atoms with Crippen LogP contribution in [-0.2, 0) is 22.6 Å². The molecule has 2 atom stereocenters. The zero-order valence-electron chi connectivity index (χ0n) is 20.3. The van der Waals surface area contributed by atoms with Gasteiger partial charge in [0.15, 0.2) is 6.10 Å². The van der Waals surface area contributed by atoms with Gasteiger partial charge in [-0.3, -0.25) is 9.59 Å². The van der Waals surface area contributed by atoms with Gasteiger partial charge in [0, 0.05) is 13.0 Å². The number of benzene rings is 2. The molecule has 0 aliphatic carbocycles. The van der Waals surface area contributed by atoms with Gasteiger partial charge in [0.05, 0.1) is 18.8 Å². The smallest absolute Gasteiger partial charge is 0.261 e. The second kappa shape index (κ2) is 10.8. The Hall–Kier alpha value is -3.61. The van der Waals surface area contributed by atoms with E-state index in [1.807, 2.05) is 36.9 Å². The molecule has 1 N–H and O–H groups in total. The quantitative estimate of drug-likeness (QED) is 0.493. The Morgan fingerprint density at radius 1 is 1.14 bits per heavy atom. The van der Waals surface area contributed by atoms with Crippen LogP contribution in [0.25, 0.3) is 0 Å². The lowest BCUT2D eigenvalue weighted by Gasteiger charge is -2.38. The van der Waals surface area contributed by atoms with Crippen molar-refractivity contribution in [2.75, 3.05) is 6.54 Å². The summed E-state index contributed by atoms with van der Waals surface area (Å²) in [5, 5.41) is 2.80. The zero-order valence-corrected chi connectivity index (χ0v) is 20.3. The highest BCUT2D eigenvalue weighted by atomic mass is 19.1. The Morgan fingerprint density at radius 2 is 1.91 bits per heavy atom. The molecule has 35 heavy (non-hydrogen) atoms. The number of carbonyl (C=O) groups is 2. The van der Waals surface area contributed by atoms with E-state index in [-0.39, 0.29) is 36.1 Å². The van der Waals surface area contributed by atoms with Gasteiger partial charge in [-0.05, 0) is 72.4 Å². The number of hydrogen-bond donors (Lipinski definition) is 1. The van der Waals surface area contributed by atoms with Crippen LogP contribution >= 0.6 is 0 Å². The number of fused-ring (bicyclic) bond motifs is 1. The third-order valence-corrected chi connectivity index (χ3v) is 6.13. The van der Waals surface area contributed by atoms with E-state index < -0.39 is 6.10 Å². The molecule has 7 heteroatoms. The van der Waals surface area contributed by atoms with Crippen molar-refractivity contribution in [1.82, 2.24) is 10.2 Å². The summed E-state index contributed by atoms with van der Waals surface area (Å²) in [6.45, 7) is 6.60. The van der Waals surface area contributed by atoms with Crippen LogP contribution in [0, 0.1) is 11.7 Å². The average molecular weight is 479 g/mol. The Morgan fingerprint density at radius 3 is 2.60 bits per heavy atom. The van der Waals surface area contributed by atoms with Crippen LogP contribution in [0.15, 0.2) is 65.3 Å². The summed E-state index contributed by atoms with van der Waals surface area (Å²) < 4.78 is 24.9. The highest BCUT2D eigenvalue weighted by Crippen LogP contribution is 2.38. The summed E-state index contributed by atoms with van der Waals surface area (Å²) in [5.41, 5.74) is 2.88. The Balaban J connectivity index is 1.57. The molecular formula is C28H31FN2O4. The molecule has 184 valence electrons. The lowest BCUT2D eigenvalue weighted by atomic mass is 9.87. The summed E-state index contributed by atoms with van der Waals surface area (Å²) in [6, 6.07) is 15.2. The van der Waals surface area contributed by atoms with E-state index in [0.717, 1.165) is 23.1 Å². The van der Waals surface area contributed by atoms with Crippen molar-refractivity contribution in [2.24, 2.45) is 5.92 Å². The van der Waals surface area contributed by atoms with E-state index in [1.165, 1.54) is 12.1 Å². The summed E-state index contributed by atoms with van der Waals surface area (Å²) >= 11 is 0. The maximum atomic E-state index is 13.7. The predicted molar refractivity (Wildman–Crippen MR) is 130 cm³/mol. The van der Waals surface area contributed by atoms with Crippen molar-refractivity contribution in [3.8, 4) is 5.75 Å². The fourth-order valence-corrected chi connectivity index (χ4v) is 4.39. The number of amides is 2. The Labute approximate surface area is 205 Å². The third kappa shape index (κ3) is 5.91. The van der Waals surface area contributed by atoms with Crippen LogP contribution < -0.4 is 10.1 Å². The topological polar surface area (TPSA) is 71.8 Å². The van der Waals surface area contributed by atoms with Crippen molar-refractivity contribution in [3.63, 3.8) is 0 Å². The van der Waals surface area contributed by atoms with Gasteiger partial charge in [-0.2, -0.15) is 0 Å². The summed E-state index contributed by atoms with van der Waals surface area (Å²) in [4.78, 5) is 27.6. The van der Waals surface area contributed by atoms with Crippen molar-refractivity contribution in [1.29, 1.82) is 0 Å². The first-order valence-electron chi connectivity index (χ1n) is 12.0. The van der Waals surface area contributed by atoms with Gasteiger partial charge in [-0.1, -0.05) is 32.0 Å². The van der Waals surface area contributed by atoms with Gasteiger partial charge in [0.25, 0.3) is 5.91 Å². The summed E-state index contributed by atoms with van der Waals surface area (Å²) in [6.07, 6.45) is 1.99. The molecule has 0 fully saturated rings.